The van der Waals surface area contributed by atoms with E-state index in [1.807, 2.05) is 6.92 Å². The largest absolute Gasteiger partial charge is 0.492 e. The van der Waals surface area contributed by atoms with Gasteiger partial charge in [0.05, 0.1) is 16.5 Å². The third-order valence-electron chi connectivity index (χ3n) is 2.88. The Hall–Kier alpha value is -0.840. The first-order valence-electron chi connectivity index (χ1n) is 6.15. The van der Waals surface area contributed by atoms with Crippen molar-refractivity contribution in [1.82, 2.24) is 0 Å². The minimum absolute atomic E-state index is 0.150. The number of halogens is 5. The van der Waals surface area contributed by atoms with E-state index < -0.39 is 16.5 Å². The molecular weight excluding hydrogens is 385 g/mol. The molecule has 0 bridgehead atoms. The molecule has 21 heavy (non-hydrogen) atoms. The summed E-state index contributed by atoms with van der Waals surface area (Å²) in [5.41, 5.74) is 0.687. The van der Waals surface area contributed by atoms with Gasteiger partial charge >= 0.3 is 0 Å². The molecule has 0 aliphatic heterocycles. The first kappa shape index (κ1) is 16.5. The molecule has 0 aliphatic rings. The highest BCUT2D eigenvalue weighted by molar-refractivity contribution is 9.09. The zero-order valence-electron chi connectivity index (χ0n) is 11.0. The maximum absolute atomic E-state index is 13.9. The summed E-state index contributed by atoms with van der Waals surface area (Å²) in [6.45, 7) is 2.28. The third-order valence-corrected chi connectivity index (χ3v) is 4.49. The molecule has 2 rings (SSSR count). The summed E-state index contributed by atoms with van der Waals surface area (Å²) in [7, 11) is 0. The van der Waals surface area contributed by atoms with Crippen LogP contribution in [0.2, 0.25) is 10.0 Å². The van der Waals surface area contributed by atoms with Gasteiger partial charge in [0.2, 0.25) is 0 Å². The molecule has 2 aromatic carbocycles. The van der Waals surface area contributed by atoms with Crippen LogP contribution in [0, 0.1) is 11.6 Å². The van der Waals surface area contributed by atoms with E-state index in [4.69, 9.17) is 27.9 Å². The van der Waals surface area contributed by atoms with E-state index in [0.29, 0.717) is 28.0 Å². The Morgan fingerprint density at radius 3 is 2.52 bits per heavy atom. The standard InChI is InChI=1S/C15H11BrCl2F2O/c1-2-21-13-7-10(17)9(6-11(13)18)14(16)8-4-3-5-12(19)15(8)20/h3-7,14H,2H2,1H3. The van der Waals surface area contributed by atoms with E-state index in [0.717, 1.165) is 6.07 Å². The Labute approximate surface area is 140 Å². The van der Waals surface area contributed by atoms with Crippen LogP contribution >= 0.6 is 39.1 Å². The molecule has 0 aromatic heterocycles. The van der Waals surface area contributed by atoms with E-state index in [1.165, 1.54) is 12.1 Å². The average Bonchev–Trinajstić information content (AvgIpc) is 2.45. The Kier molecular flexibility index (Phi) is 5.47. The summed E-state index contributed by atoms with van der Waals surface area (Å²) in [5.74, 6) is -1.38. The fourth-order valence-corrected chi connectivity index (χ4v) is 3.24. The van der Waals surface area contributed by atoms with Gasteiger partial charge in [-0.1, -0.05) is 51.3 Å². The summed E-state index contributed by atoms with van der Waals surface area (Å²) in [4.78, 5) is -0.617. The molecule has 0 spiro atoms. The summed E-state index contributed by atoms with van der Waals surface area (Å²) in [6, 6.07) is 7.13. The van der Waals surface area contributed by atoms with Gasteiger partial charge in [0, 0.05) is 16.7 Å². The summed E-state index contributed by atoms with van der Waals surface area (Å²) >= 11 is 15.6. The normalized spacial score (nSPS) is 12.3. The van der Waals surface area contributed by atoms with Gasteiger partial charge in [0.1, 0.15) is 5.75 Å². The smallest absolute Gasteiger partial charge is 0.163 e. The number of alkyl halides is 1. The predicted molar refractivity (Wildman–Crippen MR) is 84.8 cm³/mol. The molecule has 1 nitrogen and oxygen atoms in total. The van der Waals surface area contributed by atoms with Crippen molar-refractivity contribution in [2.75, 3.05) is 6.61 Å². The molecule has 6 heteroatoms. The molecule has 0 aliphatic carbocycles. The van der Waals surface area contributed by atoms with Gasteiger partial charge in [-0.05, 0) is 24.6 Å². The van der Waals surface area contributed by atoms with E-state index >= 15 is 0 Å². The molecule has 2 aromatic rings. The number of ether oxygens (including phenoxy) is 1. The Morgan fingerprint density at radius 2 is 1.86 bits per heavy atom. The molecule has 0 N–H and O–H groups in total. The van der Waals surface area contributed by atoms with Crippen molar-refractivity contribution < 1.29 is 13.5 Å². The quantitative estimate of drug-likeness (QED) is 0.563. The van der Waals surface area contributed by atoms with Crippen molar-refractivity contribution in [3.8, 4) is 5.75 Å². The van der Waals surface area contributed by atoms with Crippen LogP contribution in [-0.4, -0.2) is 6.61 Å². The van der Waals surface area contributed by atoms with Crippen molar-refractivity contribution in [3.05, 3.63) is 63.1 Å². The Balaban J connectivity index is 2.46. The SMILES string of the molecule is CCOc1cc(Cl)c(C(Br)c2cccc(F)c2F)cc1Cl. The number of benzene rings is 2. The second-order valence-corrected chi connectivity index (χ2v) is 5.97. The van der Waals surface area contributed by atoms with Crippen LogP contribution in [0.4, 0.5) is 8.78 Å². The Bertz CT molecular complexity index is 664. The second-order valence-electron chi connectivity index (χ2n) is 4.24. The van der Waals surface area contributed by atoms with Crippen molar-refractivity contribution in [1.29, 1.82) is 0 Å². The minimum Gasteiger partial charge on any atom is -0.492 e. The predicted octanol–water partition coefficient (Wildman–Crippen LogP) is 6.15. The van der Waals surface area contributed by atoms with Crippen LogP contribution in [0.5, 0.6) is 5.75 Å². The van der Waals surface area contributed by atoms with Crippen LogP contribution in [0.25, 0.3) is 0 Å². The van der Waals surface area contributed by atoms with Gasteiger partial charge in [-0.3, -0.25) is 0 Å². The zero-order chi connectivity index (χ0) is 15.6. The molecule has 0 amide bonds. The lowest BCUT2D eigenvalue weighted by molar-refractivity contribution is 0.340. The maximum atomic E-state index is 13.9. The van der Waals surface area contributed by atoms with Crippen molar-refractivity contribution >= 4 is 39.1 Å². The van der Waals surface area contributed by atoms with E-state index in [2.05, 4.69) is 15.9 Å². The van der Waals surface area contributed by atoms with Crippen molar-refractivity contribution in [3.63, 3.8) is 0 Å². The van der Waals surface area contributed by atoms with Crippen LogP contribution in [0.3, 0.4) is 0 Å². The van der Waals surface area contributed by atoms with Gasteiger partial charge in [-0.25, -0.2) is 8.78 Å². The fourth-order valence-electron chi connectivity index (χ4n) is 1.89. The number of rotatable bonds is 4. The molecule has 0 heterocycles. The van der Waals surface area contributed by atoms with Crippen LogP contribution in [-0.2, 0) is 0 Å². The molecule has 1 atom stereocenters. The first-order chi connectivity index (χ1) is 9.95. The lowest BCUT2D eigenvalue weighted by Crippen LogP contribution is -2.01. The van der Waals surface area contributed by atoms with Crippen LogP contribution in [0.1, 0.15) is 22.9 Å². The Morgan fingerprint density at radius 1 is 1.14 bits per heavy atom. The van der Waals surface area contributed by atoms with Crippen LogP contribution in [0.15, 0.2) is 30.3 Å². The van der Waals surface area contributed by atoms with Gasteiger partial charge in [-0.2, -0.15) is 0 Å². The summed E-state index contributed by atoms with van der Waals surface area (Å²) in [5, 5.41) is 0.714. The highest BCUT2D eigenvalue weighted by Crippen LogP contribution is 2.41. The lowest BCUT2D eigenvalue weighted by atomic mass is 10.0. The van der Waals surface area contributed by atoms with Crippen molar-refractivity contribution in [2.45, 2.75) is 11.8 Å². The monoisotopic (exact) mass is 394 g/mol. The second kappa shape index (κ2) is 6.95. The van der Waals surface area contributed by atoms with Gasteiger partial charge < -0.3 is 4.74 Å². The fraction of sp³-hybridized carbons (Fsp3) is 0.200. The average molecular weight is 396 g/mol. The minimum atomic E-state index is -0.916. The van der Waals surface area contributed by atoms with E-state index in [1.54, 1.807) is 12.1 Å². The third kappa shape index (κ3) is 3.50. The lowest BCUT2D eigenvalue weighted by Gasteiger charge is -2.16. The topological polar surface area (TPSA) is 9.23 Å². The number of hydrogen-bond donors (Lipinski definition) is 0. The molecule has 0 fully saturated rings. The molecule has 0 saturated heterocycles. The van der Waals surface area contributed by atoms with Crippen LogP contribution < -0.4 is 4.74 Å². The van der Waals surface area contributed by atoms with E-state index in [9.17, 15) is 8.78 Å². The van der Waals surface area contributed by atoms with E-state index in [-0.39, 0.29) is 5.56 Å². The van der Waals surface area contributed by atoms with Gasteiger partial charge in [0.15, 0.2) is 11.6 Å². The summed E-state index contributed by atoms with van der Waals surface area (Å²) in [6.07, 6.45) is 0. The molecule has 0 saturated carbocycles. The molecule has 0 radical (unpaired) electrons. The molecule has 1 unspecified atom stereocenters. The zero-order valence-corrected chi connectivity index (χ0v) is 14.1. The van der Waals surface area contributed by atoms with Crippen molar-refractivity contribution in [2.24, 2.45) is 0 Å². The maximum Gasteiger partial charge on any atom is 0.163 e. The van der Waals surface area contributed by atoms with Gasteiger partial charge in [0.25, 0.3) is 0 Å². The summed E-state index contributed by atoms with van der Waals surface area (Å²) < 4.78 is 32.5. The first-order valence-corrected chi connectivity index (χ1v) is 7.82. The highest BCUT2D eigenvalue weighted by Gasteiger charge is 2.21. The van der Waals surface area contributed by atoms with Gasteiger partial charge in [-0.15, -0.1) is 0 Å². The molecule has 112 valence electrons. The number of hydrogen-bond acceptors (Lipinski definition) is 1. The molecular formula is C15H11BrCl2F2O. The highest BCUT2D eigenvalue weighted by atomic mass is 79.9.